The summed E-state index contributed by atoms with van der Waals surface area (Å²) in [5.74, 6) is 1.10. The highest BCUT2D eigenvalue weighted by molar-refractivity contribution is 9.10. The normalized spacial score (nSPS) is 19.2. The van der Waals surface area contributed by atoms with E-state index >= 15 is 0 Å². The number of halogens is 1. The first kappa shape index (κ1) is 18.7. The van der Waals surface area contributed by atoms with Gasteiger partial charge < -0.3 is 14.8 Å². The van der Waals surface area contributed by atoms with E-state index < -0.39 is 0 Å². The van der Waals surface area contributed by atoms with Crippen molar-refractivity contribution < 1.29 is 14.3 Å². The molecule has 0 saturated carbocycles. The lowest BCUT2D eigenvalue weighted by Gasteiger charge is -2.20. The Morgan fingerprint density at radius 1 is 1.15 bits per heavy atom. The number of ether oxygens (including phenoxy) is 2. The van der Waals surface area contributed by atoms with Gasteiger partial charge in [-0.1, -0.05) is 34.1 Å². The molecule has 2 atom stereocenters. The highest BCUT2D eigenvalue weighted by Gasteiger charge is 2.34. The number of amides is 1. The van der Waals surface area contributed by atoms with Gasteiger partial charge in [0.25, 0.3) is 0 Å². The molecule has 3 N–H and O–H groups in total. The number of hydrogen-bond donors (Lipinski definition) is 3. The summed E-state index contributed by atoms with van der Waals surface area (Å²) in [6.07, 6.45) is 0. The third kappa shape index (κ3) is 4.17. The summed E-state index contributed by atoms with van der Waals surface area (Å²) in [5.41, 5.74) is 8.30. The number of methoxy groups -OCH3 is 2. The van der Waals surface area contributed by atoms with Crippen LogP contribution < -0.4 is 25.6 Å². The Hall–Kier alpha value is -2.09. The molecule has 0 aliphatic carbocycles. The molecule has 0 radical (unpaired) electrons. The maximum Gasteiger partial charge on any atom is 0.226 e. The minimum Gasteiger partial charge on any atom is -0.493 e. The molecule has 6 nitrogen and oxygen atoms in total. The van der Waals surface area contributed by atoms with E-state index in [2.05, 4.69) is 32.1 Å². The quantitative estimate of drug-likeness (QED) is 0.670. The van der Waals surface area contributed by atoms with Crippen molar-refractivity contribution in [3.8, 4) is 11.5 Å². The first-order valence-corrected chi connectivity index (χ1v) is 9.14. The lowest BCUT2D eigenvalue weighted by atomic mass is 9.93. The van der Waals surface area contributed by atoms with Gasteiger partial charge in [0.2, 0.25) is 5.91 Å². The monoisotopic (exact) mass is 419 g/mol. The Bertz CT molecular complexity index is 767. The second kappa shape index (κ2) is 8.53. The standard InChI is InChI=1S/C19H22BrN3O3/c1-25-16-8-5-13(9-17(16)26-2)18-15(11-22-23-18)19(24)21-10-12-3-6-14(20)7-4-12/h3-9,15,18,22-23H,10-11H2,1-2H3,(H,21,24). The fraction of sp³-hybridized carbons (Fsp3) is 0.316. The van der Waals surface area contributed by atoms with Crippen molar-refractivity contribution in [1.82, 2.24) is 16.2 Å². The van der Waals surface area contributed by atoms with Crippen LogP contribution in [-0.4, -0.2) is 26.7 Å². The average Bonchev–Trinajstić information content (AvgIpc) is 3.16. The van der Waals surface area contributed by atoms with Crippen LogP contribution in [0.25, 0.3) is 0 Å². The third-order valence-corrected chi connectivity index (χ3v) is 4.99. The molecule has 3 rings (SSSR count). The fourth-order valence-corrected chi connectivity index (χ4v) is 3.29. The van der Waals surface area contributed by atoms with Gasteiger partial charge in [-0.25, -0.2) is 5.43 Å². The first-order chi connectivity index (χ1) is 12.6. The van der Waals surface area contributed by atoms with Gasteiger partial charge in [0, 0.05) is 17.6 Å². The van der Waals surface area contributed by atoms with Crippen molar-refractivity contribution in [3.05, 3.63) is 58.1 Å². The van der Waals surface area contributed by atoms with Gasteiger partial charge in [-0.05, 0) is 35.4 Å². The predicted molar refractivity (Wildman–Crippen MR) is 103 cm³/mol. The van der Waals surface area contributed by atoms with Crippen molar-refractivity contribution in [2.24, 2.45) is 5.92 Å². The number of hydrazine groups is 1. The van der Waals surface area contributed by atoms with Crippen LogP contribution in [0.5, 0.6) is 11.5 Å². The molecule has 1 aliphatic heterocycles. The largest absolute Gasteiger partial charge is 0.493 e. The molecule has 7 heteroatoms. The van der Waals surface area contributed by atoms with E-state index in [9.17, 15) is 4.79 Å². The van der Waals surface area contributed by atoms with Crippen LogP contribution in [0, 0.1) is 5.92 Å². The summed E-state index contributed by atoms with van der Waals surface area (Å²) in [5, 5.41) is 3.02. The molecule has 2 aromatic carbocycles. The molecule has 1 aliphatic rings. The molecule has 1 fully saturated rings. The zero-order chi connectivity index (χ0) is 18.5. The van der Waals surface area contributed by atoms with Crippen LogP contribution in [-0.2, 0) is 11.3 Å². The smallest absolute Gasteiger partial charge is 0.226 e. The Labute approximate surface area is 161 Å². The van der Waals surface area contributed by atoms with E-state index in [4.69, 9.17) is 9.47 Å². The summed E-state index contributed by atoms with van der Waals surface area (Å²) in [4.78, 5) is 12.7. The minimum atomic E-state index is -0.219. The molecule has 0 aromatic heterocycles. The van der Waals surface area contributed by atoms with Gasteiger partial charge in [0.15, 0.2) is 11.5 Å². The van der Waals surface area contributed by atoms with Gasteiger partial charge in [0.05, 0.1) is 26.2 Å². The number of nitrogens with one attached hydrogen (secondary N) is 3. The fourth-order valence-electron chi connectivity index (χ4n) is 3.03. The second-order valence-corrected chi connectivity index (χ2v) is 6.98. The molecule has 0 bridgehead atoms. The molecule has 1 amide bonds. The van der Waals surface area contributed by atoms with Gasteiger partial charge >= 0.3 is 0 Å². The lowest BCUT2D eigenvalue weighted by molar-refractivity contribution is -0.125. The maximum absolute atomic E-state index is 12.7. The van der Waals surface area contributed by atoms with E-state index in [1.165, 1.54) is 0 Å². The van der Waals surface area contributed by atoms with Crippen LogP contribution in [0.15, 0.2) is 46.9 Å². The summed E-state index contributed by atoms with van der Waals surface area (Å²) in [7, 11) is 3.20. The maximum atomic E-state index is 12.7. The second-order valence-electron chi connectivity index (χ2n) is 6.07. The van der Waals surface area contributed by atoms with Crippen molar-refractivity contribution in [3.63, 3.8) is 0 Å². The Morgan fingerprint density at radius 3 is 2.58 bits per heavy atom. The van der Waals surface area contributed by atoms with Crippen LogP contribution in [0.3, 0.4) is 0 Å². The third-order valence-electron chi connectivity index (χ3n) is 4.47. The van der Waals surface area contributed by atoms with E-state index in [1.54, 1.807) is 14.2 Å². The van der Waals surface area contributed by atoms with Crippen molar-refractivity contribution in [1.29, 1.82) is 0 Å². The van der Waals surface area contributed by atoms with Gasteiger partial charge in [-0.3, -0.25) is 10.2 Å². The van der Waals surface area contributed by atoms with Gasteiger partial charge in [-0.2, -0.15) is 0 Å². The lowest BCUT2D eigenvalue weighted by Crippen LogP contribution is -2.34. The van der Waals surface area contributed by atoms with Crippen molar-refractivity contribution >= 4 is 21.8 Å². The molecule has 2 aromatic rings. The Morgan fingerprint density at radius 2 is 1.88 bits per heavy atom. The van der Waals surface area contributed by atoms with Gasteiger partial charge in [-0.15, -0.1) is 0 Å². The number of rotatable bonds is 6. The summed E-state index contributed by atoms with van der Waals surface area (Å²) in [6, 6.07) is 13.5. The van der Waals surface area contributed by atoms with Crippen LogP contribution >= 0.6 is 15.9 Å². The topological polar surface area (TPSA) is 71.6 Å². The summed E-state index contributed by atoms with van der Waals surface area (Å²) in [6.45, 7) is 1.06. The number of carbonyl (C=O) groups is 1. The van der Waals surface area contributed by atoms with E-state index in [0.717, 1.165) is 15.6 Å². The van der Waals surface area contributed by atoms with Crippen molar-refractivity contribution in [2.45, 2.75) is 12.6 Å². The van der Waals surface area contributed by atoms with Crippen LogP contribution in [0.1, 0.15) is 17.2 Å². The van der Waals surface area contributed by atoms with E-state index in [1.807, 2.05) is 42.5 Å². The summed E-state index contributed by atoms with van der Waals surface area (Å²) >= 11 is 3.41. The number of benzene rings is 2. The predicted octanol–water partition coefficient (Wildman–Crippen LogP) is 2.55. The summed E-state index contributed by atoms with van der Waals surface area (Å²) < 4.78 is 11.7. The number of hydrogen-bond acceptors (Lipinski definition) is 5. The molecule has 2 unspecified atom stereocenters. The first-order valence-electron chi connectivity index (χ1n) is 8.35. The van der Waals surface area contributed by atoms with Crippen LogP contribution in [0.2, 0.25) is 0 Å². The molecule has 138 valence electrons. The SMILES string of the molecule is COc1ccc(C2NNCC2C(=O)NCc2ccc(Br)cc2)cc1OC. The molecular weight excluding hydrogens is 398 g/mol. The molecule has 1 heterocycles. The highest BCUT2D eigenvalue weighted by atomic mass is 79.9. The minimum absolute atomic E-state index is 0.00482. The Balaban J connectivity index is 1.69. The highest BCUT2D eigenvalue weighted by Crippen LogP contribution is 2.33. The molecule has 0 spiro atoms. The van der Waals surface area contributed by atoms with Gasteiger partial charge in [0.1, 0.15) is 0 Å². The molecule has 1 saturated heterocycles. The van der Waals surface area contributed by atoms with E-state index in [0.29, 0.717) is 24.6 Å². The van der Waals surface area contributed by atoms with Crippen molar-refractivity contribution in [2.75, 3.05) is 20.8 Å². The zero-order valence-corrected chi connectivity index (χ0v) is 16.3. The zero-order valence-electron chi connectivity index (χ0n) is 14.7. The average molecular weight is 420 g/mol. The molecular formula is C19H22BrN3O3. The van der Waals surface area contributed by atoms with E-state index in [-0.39, 0.29) is 17.9 Å². The van der Waals surface area contributed by atoms with Crippen LogP contribution in [0.4, 0.5) is 0 Å². The molecule has 26 heavy (non-hydrogen) atoms. The Kier molecular flexibility index (Phi) is 6.13. The number of carbonyl (C=O) groups excluding carboxylic acids is 1.